The zero-order valence-electron chi connectivity index (χ0n) is 28.8. The van der Waals surface area contributed by atoms with Crippen molar-refractivity contribution in [3.8, 4) is 62.1 Å². The van der Waals surface area contributed by atoms with E-state index in [2.05, 4.69) is 138 Å². The van der Waals surface area contributed by atoms with Crippen molar-refractivity contribution in [3.63, 3.8) is 0 Å². The van der Waals surface area contributed by atoms with Gasteiger partial charge in [0.15, 0.2) is 17.5 Å². The van der Waals surface area contributed by atoms with Gasteiger partial charge in [0.05, 0.1) is 11.0 Å². The van der Waals surface area contributed by atoms with Crippen LogP contribution in [0, 0.1) is 0 Å². The number of rotatable bonds is 6. The highest BCUT2D eigenvalue weighted by molar-refractivity contribution is 6.18. The number of benzene rings is 8. The Morgan fingerprint density at radius 1 is 0.283 bits per heavy atom. The molecule has 0 unspecified atom stereocenters. The molecule has 0 radical (unpaired) electrons. The van der Waals surface area contributed by atoms with Crippen LogP contribution < -0.4 is 0 Å². The zero-order chi connectivity index (χ0) is 35.1. The lowest BCUT2D eigenvalue weighted by Gasteiger charge is -2.11. The Hall–Kier alpha value is -7.17. The Morgan fingerprint density at radius 2 is 0.698 bits per heavy atom. The highest BCUT2D eigenvalue weighted by Gasteiger charge is 2.15. The Labute approximate surface area is 307 Å². The Bertz CT molecular complexity index is 2840. The number of hydrogen-bond donors (Lipinski definition) is 0. The van der Waals surface area contributed by atoms with Gasteiger partial charge in [-0.05, 0) is 45.8 Å². The van der Waals surface area contributed by atoms with Crippen molar-refractivity contribution in [3.05, 3.63) is 194 Å². The summed E-state index contributed by atoms with van der Waals surface area (Å²) in [5.41, 5.74) is 11.1. The maximum atomic E-state index is 4.89. The summed E-state index contributed by atoms with van der Waals surface area (Å²) >= 11 is 0. The molecule has 8 aromatic carbocycles. The fourth-order valence-corrected chi connectivity index (χ4v) is 7.41. The highest BCUT2D eigenvalue weighted by Crippen LogP contribution is 2.37. The molecule has 0 spiro atoms. The van der Waals surface area contributed by atoms with Crippen LogP contribution in [-0.4, -0.2) is 19.5 Å². The molecular weight excluding hydrogens is 645 g/mol. The van der Waals surface area contributed by atoms with Gasteiger partial charge in [-0.1, -0.05) is 176 Å². The van der Waals surface area contributed by atoms with E-state index in [1.165, 1.54) is 43.7 Å². The van der Waals surface area contributed by atoms with Crippen LogP contribution in [0.1, 0.15) is 0 Å². The quantitative estimate of drug-likeness (QED) is 0.176. The lowest BCUT2D eigenvalue weighted by Crippen LogP contribution is -2.00. The largest absolute Gasteiger partial charge is 0.309 e. The lowest BCUT2D eigenvalue weighted by atomic mass is 9.99. The topological polar surface area (TPSA) is 43.6 Å². The summed E-state index contributed by atoms with van der Waals surface area (Å²) in [6, 6.07) is 68.2. The predicted molar refractivity (Wildman–Crippen MR) is 219 cm³/mol. The smallest absolute Gasteiger partial charge is 0.164 e. The Morgan fingerprint density at radius 3 is 1.25 bits per heavy atom. The molecular formula is C49H32N4. The number of aromatic nitrogens is 4. The molecule has 0 aliphatic carbocycles. The fraction of sp³-hybridized carbons (Fsp3) is 0. The normalized spacial score (nSPS) is 11.4. The summed E-state index contributed by atoms with van der Waals surface area (Å²) in [4.78, 5) is 14.6. The number of nitrogens with zero attached hydrogens (tertiary/aromatic N) is 4. The van der Waals surface area contributed by atoms with E-state index in [9.17, 15) is 0 Å². The maximum absolute atomic E-state index is 4.89. The van der Waals surface area contributed by atoms with Gasteiger partial charge in [-0.3, -0.25) is 0 Å². The molecule has 10 aromatic rings. The van der Waals surface area contributed by atoms with Crippen molar-refractivity contribution in [2.75, 3.05) is 0 Å². The molecule has 0 aliphatic heterocycles. The zero-order valence-corrected chi connectivity index (χ0v) is 28.8. The highest BCUT2D eigenvalue weighted by atomic mass is 15.0. The third-order valence-corrected chi connectivity index (χ3v) is 10.1. The monoisotopic (exact) mass is 676 g/mol. The fourth-order valence-electron chi connectivity index (χ4n) is 7.41. The van der Waals surface area contributed by atoms with Crippen LogP contribution in [0.3, 0.4) is 0 Å². The minimum atomic E-state index is 0.650. The molecule has 248 valence electrons. The molecule has 0 fully saturated rings. The van der Waals surface area contributed by atoms with E-state index in [1.54, 1.807) is 0 Å². The van der Waals surface area contributed by atoms with E-state index >= 15 is 0 Å². The molecule has 0 saturated carbocycles. The van der Waals surface area contributed by atoms with Crippen molar-refractivity contribution in [2.45, 2.75) is 0 Å². The van der Waals surface area contributed by atoms with Crippen molar-refractivity contribution >= 4 is 32.6 Å². The van der Waals surface area contributed by atoms with E-state index in [0.717, 1.165) is 33.5 Å². The van der Waals surface area contributed by atoms with Crippen molar-refractivity contribution < 1.29 is 0 Å². The Balaban J connectivity index is 0.946. The molecule has 4 nitrogen and oxygen atoms in total. The number of hydrogen-bond acceptors (Lipinski definition) is 3. The van der Waals surface area contributed by atoms with E-state index < -0.39 is 0 Å². The first-order valence-corrected chi connectivity index (χ1v) is 17.9. The molecule has 0 N–H and O–H groups in total. The van der Waals surface area contributed by atoms with Gasteiger partial charge in [0.25, 0.3) is 0 Å². The standard InChI is InChI=1S/C49H32N4/c1-3-12-38(13-4-1)47-50-48(39-14-5-2-6-15-39)52-49(51-47)40-25-23-35(24-26-40)33-19-21-34(22-20-33)36-27-30-41(31-28-36)53-45-18-10-9-17-43(45)44-32-29-37-11-7-8-16-42(37)46(44)53/h1-32H. The molecule has 0 atom stereocenters. The second-order valence-electron chi connectivity index (χ2n) is 13.3. The van der Waals surface area contributed by atoms with Crippen LogP contribution in [0.4, 0.5) is 0 Å². The van der Waals surface area contributed by atoms with Crippen LogP contribution >= 0.6 is 0 Å². The Kier molecular flexibility index (Phi) is 7.43. The average molecular weight is 677 g/mol. The second kappa shape index (κ2) is 12.9. The van der Waals surface area contributed by atoms with E-state index in [4.69, 9.17) is 15.0 Å². The van der Waals surface area contributed by atoms with Crippen LogP contribution in [0.25, 0.3) is 94.7 Å². The van der Waals surface area contributed by atoms with Crippen molar-refractivity contribution in [1.82, 2.24) is 19.5 Å². The first-order valence-electron chi connectivity index (χ1n) is 17.9. The summed E-state index contributed by atoms with van der Waals surface area (Å²) in [6.07, 6.45) is 0. The van der Waals surface area contributed by atoms with Crippen LogP contribution in [0.15, 0.2) is 194 Å². The summed E-state index contributed by atoms with van der Waals surface area (Å²) in [6.45, 7) is 0. The van der Waals surface area contributed by atoms with Crippen molar-refractivity contribution in [2.24, 2.45) is 0 Å². The number of para-hydroxylation sites is 1. The van der Waals surface area contributed by atoms with Gasteiger partial charge in [0, 0.05) is 38.5 Å². The first kappa shape index (κ1) is 30.6. The summed E-state index contributed by atoms with van der Waals surface area (Å²) < 4.78 is 2.41. The SMILES string of the molecule is c1ccc(-c2nc(-c3ccccc3)nc(-c3ccc(-c4ccc(-c5ccc(-n6c7ccccc7c7ccc8ccccc8c76)cc5)cc4)cc3)n2)cc1. The van der Waals surface area contributed by atoms with Crippen molar-refractivity contribution in [1.29, 1.82) is 0 Å². The minimum Gasteiger partial charge on any atom is -0.309 e. The molecule has 0 amide bonds. The van der Waals surface area contributed by atoms with Gasteiger partial charge >= 0.3 is 0 Å². The van der Waals surface area contributed by atoms with Gasteiger partial charge in [0.1, 0.15) is 0 Å². The van der Waals surface area contributed by atoms with Gasteiger partial charge < -0.3 is 4.57 Å². The third-order valence-electron chi connectivity index (χ3n) is 10.1. The lowest BCUT2D eigenvalue weighted by molar-refractivity contribution is 1.07. The van der Waals surface area contributed by atoms with Crippen LogP contribution in [0.2, 0.25) is 0 Å². The van der Waals surface area contributed by atoms with E-state index in [-0.39, 0.29) is 0 Å². The first-order chi connectivity index (χ1) is 26.3. The average Bonchev–Trinajstić information content (AvgIpc) is 3.59. The summed E-state index contributed by atoms with van der Waals surface area (Å²) in [5.74, 6) is 1.97. The van der Waals surface area contributed by atoms with Gasteiger partial charge in [0.2, 0.25) is 0 Å². The summed E-state index contributed by atoms with van der Waals surface area (Å²) in [5, 5.41) is 5.05. The molecule has 2 heterocycles. The van der Waals surface area contributed by atoms with Crippen LogP contribution in [0.5, 0.6) is 0 Å². The molecule has 53 heavy (non-hydrogen) atoms. The van der Waals surface area contributed by atoms with E-state index in [0.29, 0.717) is 17.5 Å². The molecule has 10 rings (SSSR count). The second-order valence-corrected chi connectivity index (χ2v) is 13.3. The van der Waals surface area contributed by atoms with E-state index in [1.807, 2.05) is 60.7 Å². The van der Waals surface area contributed by atoms with Crippen LogP contribution in [-0.2, 0) is 0 Å². The molecule has 0 saturated heterocycles. The number of fused-ring (bicyclic) bond motifs is 5. The molecule has 4 heteroatoms. The molecule has 2 aromatic heterocycles. The summed E-state index contributed by atoms with van der Waals surface area (Å²) in [7, 11) is 0. The maximum Gasteiger partial charge on any atom is 0.164 e. The van der Waals surface area contributed by atoms with Gasteiger partial charge in [-0.2, -0.15) is 0 Å². The van der Waals surface area contributed by atoms with Gasteiger partial charge in [-0.25, -0.2) is 15.0 Å². The predicted octanol–water partition coefficient (Wildman–Crippen LogP) is 12.5. The third kappa shape index (κ3) is 5.54. The molecule has 0 aliphatic rings. The van der Waals surface area contributed by atoms with Gasteiger partial charge in [-0.15, -0.1) is 0 Å². The minimum absolute atomic E-state index is 0.650. The molecule has 0 bridgehead atoms.